The number of rotatable bonds is 4. The van der Waals surface area contributed by atoms with Crippen molar-refractivity contribution in [1.29, 1.82) is 0 Å². The van der Waals surface area contributed by atoms with Gasteiger partial charge in [0.05, 0.1) is 28.1 Å². The van der Waals surface area contributed by atoms with E-state index in [-0.39, 0.29) is 0 Å². The molecule has 0 spiro atoms. The molecule has 10 rings (SSSR count). The maximum atomic E-state index is 5.29. The molecule has 0 unspecified atom stereocenters. The molecule has 0 amide bonds. The van der Waals surface area contributed by atoms with E-state index in [0.29, 0.717) is 5.82 Å². The minimum Gasteiger partial charge on any atom is -0.309 e. The Balaban J connectivity index is 1.22. The third-order valence-corrected chi connectivity index (χ3v) is 9.78. The van der Waals surface area contributed by atoms with E-state index in [1.165, 1.54) is 43.4 Å². The molecule has 3 heteroatoms. The lowest BCUT2D eigenvalue weighted by atomic mass is 9.99. The van der Waals surface area contributed by atoms with Crippen LogP contribution < -0.4 is 0 Å². The summed E-state index contributed by atoms with van der Waals surface area (Å²) in [4.78, 5) is 10.6. The van der Waals surface area contributed by atoms with Crippen LogP contribution in [-0.4, -0.2) is 14.5 Å². The Labute approximate surface area is 283 Å². The Bertz CT molecular complexity index is 2750. The fraction of sp³-hybridized carbons (Fsp3) is 0. The van der Waals surface area contributed by atoms with Crippen LogP contribution >= 0.6 is 0 Å². The molecule has 0 fully saturated rings. The van der Waals surface area contributed by atoms with Gasteiger partial charge in [0.25, 0.3) is 0 Å². The summed E-state index contributed by atoms with van der Waals surface area (Å²) in [5, 5.41) is 9.56. The standard InChI is InChI=1S/C46H29N3/c1-3-13-32-27-34(23-21-30(32)11-1)41-29-42(35-24-22-31-12-2-4-14-33(31)28-35)48-46(47-41)40-25-26-45(37-16-6-5-15-36(37)40)49-43-19-9-7-17-38(43)39-18-8-10-20-44(39)49/h1-29H. The van der Waals surface area contributed by atoms with Crippen molar-refractivity contribution in [3.05, 3.63) is 176 Å². The highest BCUT2D eigenvalue weighted by atomic mass is 15.0. The highest BCUT2D eigenvalue weighted by Gasteiger charge is 2.18. The number of benzene rings is 8. The van der Waals surface area contributed by atoms with E-state index in [1.807, 2.05) is 0 Å². The van der Waals surface area contributed by atoms with Crippen molar-refractivity contribution in [1.82, 2.24) is 14.5 Å². The van der Waals surface area contributed by atoms with Gasteiger partial charge in [0.1, 0.15) is 0 Å². The van der Waals surface area contributed by atoms with E-state index >= 15 is 0 Å². The van der Waals surface area contributed by atoms with Crippen LogP contribution in [0.25, 0.3) is 93.7 Å². The van der Waals surface area contributed by atoms with Crippen molar-refractivity contribution in [2.45, 2.75) is 0 Å². The molecule has 0 aliphatic heterocycles. The van der Waals surface area contributed by atoms with Crippen LogP contribution in [0.5, 0.6) is 0 Å². The summed E-state index contributed by atoms with van der Waals surface area (Å²) in [5.74, 6) is 0.707. The third kappa shape index (κ3) is 4.51. The zero-order valence-electron chi connectivity index (χ0n) is 26.6. The smallest absolute Gasteiger partial charge is 0.161 e. The minimum atomic E-state index is 0.707. The molecule has 0 aliphatic rings. The lowest BCUT2D eigenvalue weighted by Gasteiger charge is -2.15. The van der Waals surface area contributed by atoms with Crippen LogP contribution in [-0.2, 0) is 0 Å². The van der Waals surface area contributed by atoms with Crippen LogP contribution in [0.2, 0.25) is 0 Å². The monoisotopic (exact) mass is 623 g/mol. The SMILES string of the molecule is c1ccc2cc(-c3cc(-c4ccc5ccccc5c4)nc(-c4ccc(-n5c6ccccc6c6ccccc65)c5ccccc45)n3)ccc2c1. The van der Waals surface area contributed by atoms with E-state index in [1.54, 1.807) is 0 Å². The van der Waals surface area contributed by atoms with Gasteiger partial charge in [-0.05, 0) is 69.4 Å². The molecular formula is C46H29N3. The Morgan fingerprint density at radius 2 is 0.816 bits per heavy atom. The number of fused-ring (bicyclic) bond motifs is 6. The second-order valence-electron chi connectivity index (χ2n) is 12.6. The van der Waals surface area contributed by atoms with Gasteiger partial charge in [0, 0.05) is 32.8 Å². The normalized spacial score (nSPS) is 11.7. The van der Waals surface area contributed by atoms with Crippen LogP contribution in [0.1, 0.15) is 0 Å². The van der Waals surface area contributed by atoms with Crippen LogP contribution in [0.4, 0.5) is 0 Å². The Kier molecular flexibility index (Phi) is 6.18. The van der Waals surface area contributed by atoms with E-state index in [0.717, 1.165) is 44.5 Å². The molecule has 8 aromatic carbocycles. The number of nitrogens with zero attached hydrogens (tertiary/aromatic N) is 3. The second kappa shape index (κ2) is 11.0. The molecule has 2 heterocycles. The fourth-order valence-corrected chi connectivity index (χ4v) is 7.42. The van der Waals surface area contributed by atoms with E-state index in [2.05, 4.69) is 180 Å². The first-order valence-corrected chi connectivity index (χ1v) is 16.7. The molecule has 0 saturated carbocycles. The zero-order chi connectivity index (χ0) is 32.3. The van der Waals surface area contributed by atoms with Gasteiger partial charge in [-0.3, -0.25) is 0 Å². The first kappa shape index (κ1) is 27.5. The lowest BCUT2D eigenvalue weighted by molar-refractivity contribution is 1.18. The first-order valence-electron chi connectivity index (χ1n) is 16.7. The summed E-state index contributed by atoms with van der Waals surface area (Å²) in [5.41, 5.74) is 8.45. The summed E-state index contributed by atoms with van der Waals surface area (Å²) in [6, 6.07) is 62.6. The molecule has 0 saturated heterocycles. The van der Waals surface area contributed by atoms with Crippen molar-refractivity contribution in [2.24, 2.45) is 0 Å². The van der Waals surface area contributed by atoms with Gasteiger partial charge in [0.2, 0.25) is 0 Å². The topological polar surface area (TPSA) is 30.7 Å². The number of aromatic nitrogens is 3. The molecule has 49 heavy (non-hydrogen) atoms. The van der Waals surface area contributed by atoms with Gasteiger partial charge < -0.3 is 4.57 Å². The van der Waals surface area contributed by atoms with Crippen molar-refractivity contribution >= 4 is 54.1 Å². The number of para-hydroxylation sites is 2. The number of hydrogen-bond acceptors (Lipinski definition) is 2. The van der Waals surface area contributed by atoms with Gasteiger partial charge in [-0.1, -0.05) is 133 Å². The highest BCUT2D eigenvalue weighted by molar-refractivity contribution is 6.11. The largest absolute Gasteiger partial charge is 0.309 e. The zero-order valence-corrected chi connectivity index (χ0v) is 26.6. The fourth-order valence-electron chi connectivity index (χ4n) is 7.42. The van der Waals surface area contributed by atoms with Gasteiger partial charge in [0.15, 0.2) is 5.82 Å². The summed E-state index contributed by atoms with van der Waals surface area (Å²) >= 11 is 0. The first-order chi connectivity index (χ1) is 24.3. The number of hydrogen-bond donors (Lipinski definition) is 0. The van der Waals surface area contributed by atoms with Gasteiger partial charge in [-0.15, -0.1) is 0 Å². The van der Waals surface area contributed by atoms with Crippen molar-refractivity contribution in [3.63, 3.8) is 0 Å². The Morgan fingerprint density at radius 1 is 0.347 bits per heavy atom. The third-order valence-electron chi connectivity index (χ3n) is 9.78. The van der Waals surface area contributed by atoms with Crippen LogP contribution in [0, 0.1) is 0 Å². The quantitative estimate of drug-likeness (QED) is 0.195. The van der Waals surface area contributed by atoms with Crippen molar-refractivity contribution in [3.8, 4) is 39.6 Å². The Hall–Kier alpha value is -6.58. The summed E-state index contributed by atoms with van der Waals surface area (Å²) in [7, 11) is 0. The van der Waals surface area contributed by atoms with Crippen molar-refractivity contribution < 1.29 is 0 Å². The van der Waals surface area contributed by atoms with Gasteiger partial charge in [-0.2, -0.15) is 0 Å². The second-order valence-corrected chi connectivity index (χ2v) is 12.6. The summed E-state index contributed by atoms with van der Waals surface area (Å²) < 4.78 is 2.39. The summed E-state index contributed by atoms with van der Waals surface area (Å²) in [6.07, 6.45) is 0. The van der Waals surface area contributed by atoms with Gasteiger partial charge in [-0.25, -0.2) is 9.97 Å². The van der Waals surface area contributed by atoms with Crippen LogP contribution in [0.15, 0.2) is 176 Å². The van der Waals surface area contributed by atoms with Crippen molar-refractivity contribution in [2.75, 3.05) is 0 Å². The minimum absolute atomic E-state index is 0.707. The molecule has 0 aliphatic carbocycles. The maximum Gasteiger partial charge on any atom is 0.161 e. The predicted molar refractivity (Wildman–Crippen MR) is 205 cm³/mol. The van der Waals surface area contributed by atoms with Crippen LogP contribution in [0.3, 0.4) is 0 Å². The molecule has 0 radical (unpaired) electrons. The van der Waals surface area contributed by atoms with E-state index in [4.69, 9.17) is 9.97 Å². The summed E-state index contributed by atoms with van der Waals surface area (Å²) in [6.45, 7) is 0. The van der Waals surface area contributed by atoms with Gasteiger partial charge >= 0.3 is 0 Å². The molecule has 10 aromatic rings. The van der Waals surface area contributed by atoms with E-state index in [9.17, 15) is 0 Å². The predicted octanol–water partition coefficient (Wildman–Crippen LogP) is 12.0. The molecule has 0 atom stereocenters. The Morgan fingerprint density at radius 3 is 1.39 bits per heavy atom. The lowest BCUT2D eigenvalue weighted by Crippen LogP contribution is -1.99. The van der Waals surface area contributed by atoms with E-state index < -0.39 is 0 Å². The molecule has 0 N–H and O–H groups in total. The molecule has 0 bridgehead atoms. The maximum absolute atomic E-state index is 5.29. The highest BCUT2D eigenvalue weighted by Crippen LogP contribution is 2.38. The molecule has 2 aromatic heterocycles. The average Bonchev–Trinajstić information content (AvgIpc) is 3.51. The molecule has 3 nitrogen and oxygen atoms in total. The molecular weight excluding hydrogens is 595 g/mol. The average molecular weight is 624 g/mol. The molecule has 228 valence electrons.